The summed E-state index contributed by atoms with van der Waals surface area (Å²) in [6, 6.07) is 1.75. The van der Waals surface area contributed by atoms with Crippen LogP contribution in [0.15, 0.2) is 79.1 Å². The largest absolute Gasteiger partial charge is 0.498 e. The van der Waals surface area contributed by atoms with Crippen LogP contribution in [0.25, 0.3) is 0 Å². The normalized spacial score (nSPS) is 12.8. The molecule has 0 bridgehead atoms. The first-order valence-electron chi connectivity index (χ1n) is 22.3. The average Bonchev–Trinajstić information content (AvgIpc) is 3.64. The van der Waals surface area contributed by atoms with Gasteiger partial charge in [-0.2, -0.15) is 5.26 Å². The summed E-state index contributed by atoms with van der Waals surface area (Å²) in [5, 5.41) is 7.32. The Balaban J connectivity index is -0.000000123. The number of likely N-dealkylation sites (tertiary alicyclic amines) is 1. The highest BCUT2D eigenvalue weighted by molar-refractivity contribution is 6.04. The number of ether oxygens (including phenoxy) is 2. The van der Waals surface area contributed by atoms with Crippen molar-refractivity contribution in [2.45, 2.75) is 161 Å². The molecule has 0 saturated carbocycles. The van der Waals surface area contributed by atoms with Crippen molar-refractivity contribution >= 4 is 12.5 Å². The number of likely N-dealkylation sites (N-methyl/N-ethyl adjacent to an activating group) is 1. The summed E-state index contributed by atoms with van der Waals surface area (Å²) in [5.74, 6) is 1.70. The number of aliphatic imine (C=N–C) groups is 1. The van der Waals surface area contributed by atoms with E-state index in [9.17, 15) is 0 Å². The van der Waals surface area contributed by atoms with Crippen molar-refractivity contribution in [3.05, 3.63) is 74.1 Å². The van der Waals surface area contributed by atoms with E-state index in [0.717, 1.165) is 102 Å². The molecule has 0 aromatic carbocycles. The molecule has 0 aromatic heterocycles. The van der Waals surface area contributed by atoms with Gasteiger partial charge < -0.3 is 24.1 Å². The van der Waals surface area contributed by atoms with Crippen molar-refractivity contribution in [3.8, 4) is 6.07 Å². The Morgan fingerprint density at radius 3 is 1.79 bits per heavy atom. The van der Waals surface area contributed by atoms with Crippen LogP contribution in [0.1, 0.15) is 161 Å². The molecule has 1 aliphatic rings. The molecule has 342 valence electrons. The number of rotatable bonds is 23. The molecule has 1 aliphatic heterocycles. The number of hydrogen-bond donors (Lipinski definition) is 0. The summed E-state index contributed by atoms with van der Waals surface area (Å²) < 4.78 is 11.0. The molecule has 1 saturated heterocycles. The lowest BCUT2D eigenvalue weighted by atomic mass is 9.78. The fourth-order valence-electron chi connectivity index (χ4n) is 5.58. The number of allylic oxidation sites excluding steroid dienone is 4. The predicted molar refractivity (Wildman–Crippen MR) is 263 cm³/mol. The molecule has 0 aromatic rings. The lowest BCUT2D eigenvalue weighted by Crippen LogP contribution is -2.29. The van der Waals surface area contributed by atoms with Crippen molar-refractivity contribution in [1.29, 1.82) is 5.26 Å². The van der Waals surface area contributed by atoms with E-state index in [1.54, 1.807) is 24.5 Å². The summed E-state index contributed by atoms with van der Waals surface area (Å²) in [6.45, 7) is 56.9. The monoisotopic (exact) mass is 818 g/mol. The molecule has 0 unspecified atom stereocenters. The Hall–Kier alpha value is -3.41. The van der Waals surface area contributed by atoms with Crippen LogP contribution >= 0.6 is 0 Å². The minimum absolute atomic E-state index is 0.218. The summed E-state index contributed by atoms with van der Waals surface area (Å²) >= 11 is 0. The molecule has 0 amide bonds. The Morgan fingerprint density at radius 2 is 1.38 bits per heavy atom. The topological polar surface area (TPSA) is 81.4 Å². The highest BCUT2D eigenvalue weighted by atomic mass is 16.5. The second-order valence-corrected chi connectivity index (χ2v) is 13.0. The van der Waals surface area contributed by atoms with Gasteiger partial charge in [-0.15, -0.1) is 13.2 Å². The van der Waals surface area contributed by atoms with E-state index < -0.39 is 0 Å². The standard InChI is InChI=1S/C18H34N2O.C12H22N2.C11H22O.C2H3N.2C2H6.C2H4.CH2O/c1-6-9-11-14-19(5)15-12-16-20(13-8-3)18(4)21-17-10-7-2;1-5-7-13-12-9-14(4)8-11(12)10(3)6-2;1-6-11(7-2,8-3)10(5)12-9-4;1-2-3;4*1-2/h7,10,17H,2,4,6,8-9,11-16H2,1,3,5H3;5-9H2,1-4H3;5-9H2,1-4H3;1H3;2*1-2H3;1-2H2;1H2/b17-10+;11-10+,13-12?;;;;;;. The minimum atomic E-state index is 0.218. The van der Waals surface area contributed by atoms with Crippen LogP contribution < -0.4 is 0 Å². The lowest BCUT2D eigenvalue weighted by Gasteiger charge is -2.31. The smallest absolute Gasteiger partial charge is 0.187 e. The quantitative estimate of drug-likeness (QED) is 0.0439. The molecule has 8 heteroatoms. The van der Waals surface area contributed by atoms with Gasteiger partial charge in [0.25, 0.3) is 0 Å². The number of hydrogen-bond acceptors (Lipinski definition) is 8. The first kappa shape index (κ1) is 69.2. The third-order valence-corrected chi connectivity index (χ3v) is 9.08. The average molecular weight is 818 g/mol. The first-order valence-corrected chi connectivity index (χ1v) is 22.3. The fourth-order valence-corrected chi connectivity index (χ4v) is 5.58. The van der Waals surface area contributed by atoms with Crippen molar-refractivity contribution < 1.29 is 14.3 Å². The van der Waals surface area contributed by atoms with E-state index in [4.69, 9.17) is 19.5 Å². The Bertz CT molecular complexity index is 1030. The van der Waals surface area contributed by atoms with E-state index in [-0.39, 0.29) is 5.41 Å². The molecule has 0 radical (unpaired) electrons. The molecule has 1 heterocycles. The van der Waals surface area contributed by atoms with E-state index >= 15 is 0 Å². The molecule has 8 nitrogen and oxygen atoms in total. The summed E-state index contributed by atoms with van der Waals surface area (Å²) in [7, 11) is 4.37. The van der Waals surface area contributed by atoms with Gasteiger partial charge in [-0.25, -0.2) is 0 Å². The number of carbonyl (C=O) groups is 1. The van der Waals surface area contributed by atoms with Crippen LogP contribution in [0.2, 0.25) is 0 Å². The summed E-state index contributed by atoms with van der Waals surface area (Å²) in [5.41, 5.74) is 4.54. The highest BCUT2D eigenvalue weighted by Crippen LogP contribution is 2.37. The van der Waals surface area contributed by atoms with Crippen molar-refractivity contribution in [2.24, 2.45) is 10.4 Å². The third-order valence-electron chi connectivity index (χ3n) is 9.08. The maximum absolute atomic E-state index is 8.00. The Labute approximate surface area is 363 Å². The second-order valence-electron chi connectivity index (χ2n) is 13.0. The Morgan fingerprint density at radius 1 is 0.862 bits per heavy atom. The van der Waals surface area contributed by atoms with Crippen molar-refractivity contribution in [3.63, 3.8) is 0 Å². The molecular weight excluding hydrogens is 719 g/mol. The van der Waals surface area contributed by atoms with Gasteiger partial charge in [-0.1, -0.05) is 114 Å². The third kappa shape index (κ3) is 39.4. The van der Waals surface area contributed by atoms with Gasteiger partial charge in [0.15, 0.2) is 5.88 Å². The molecule has 1 fully saturated rings. The highest BCUT2D eigenvalue weighted by Gasteiger charge is 2.28. The lowest BCUT2D eigenvalue weighted by molar-refractivity contribution is -0.0980. The SMILES string of the molecule is C=C.C=C(OCC)C(CC)(CC)CC.C=C/C=C/OC(=C)N(CCC)CCCN(C)CCCCC.C=O.CC.CC.CC#N.CCCN=C1CN(C)C/C1=C(/C)CC. The van der Waals surface area contributed by atoms with Crippen molar-refractivity contribution in [1.82, 2.24) is 14.7 Å². The van der Waals surface area contributed by atoms with Crippen molar-refractivity contribution in [2.75, 3.05) is 66.5 Å². The summed E-state index contributed by atoms with van der Waals surface area (Å²) in [4.78, 5) is 19.6. The fraction of sp³-hybridized carbons (Fsp3) is 0.700. The van der Waals surface area contributed by atoms with Gasteiger partial charge in [0, 0.05) is 45.1 Å². The number of carbonyl (C=O) groups excluding carboxylic acids is 1. The zero-order valence-corrected chi connectivity index (χ0v) is 41.7. The molecule has 0 atom stereocenters. The first-order chi connectivity index (χ1) is 27.9. The predicted octanol–water partition coefficient (Wildman–Crippen LogP) is 13.9. The van der Waals surface area contributed by atoms with E-state index in [1.807, 2.05) is 41.4 Å². The van der Waals surface area contributed by atoms with Crippen LogP contribution in [-0.2, 0) is 14.3 Å². The minimum Gasteiger partial charge on any atom is -0.498 e. The Kier molecular flexibility index (Phi) is 66.5. The van der Waals surface area contributed by atoms with Gasteiger partial charge >= 0.3 is 0 Å². The van der Waals surface area contributed by atoms with Gasteiger partial charge in [-0.05, 0) is 111 Å². The zero-order valence-electron chi connectivity index (χ0n) is 41.7. The molecule has 0 spiro atoms. The van der Waals surface area contributed by atoms with Crippen LogP contribution in [0, 0.1) is 16.7 Å². The van der Waals surface area contributed by atoms with Gasteiger partial charge in [-0.3, -0.25) is 9.89 Å². The van der Waals surface area contributed by atoms with Crippen LogP contribution in [0.4, 0.5) is 0 Å². The van der Waals surface area contributed by atoms with Crippen LogP contribution in [0.3, 0.4) is 0 Å². The summed E-state index contributed by atoms with van der Waals surface area (Å²) in [6.07, 6.45) is 16.9. The maximum atomic E-state index is 8.00. The number of unbranched alkanes of at least 4 members (excludes halogenated alkanes) is 2. The molecule has 0 N–H and O–H groups in total. The van der Waals surface area contributed by atoms with Gasteiger partial charge in [0.05, 0.1) is 30.4 Å². The zero-order chi connectivity index (χ0) is 46.8. The number of nitriles is 1. The van der Waals surface area contributed by atoms with E-state index in [0.29, 0.717) is 0 Å². The van der Waals surface area contributed by atoms with Crippen LogP contribution in [-0.4, -0.2) is 93.7 Å². The maximum Gasteiger partial charge on any atom is 0.187 e. The molecule has 1 rings (SSSR count). The molecule has 58 heavy (non-hydrogen) atoms. The van der Waals surface area contributed by atoms with Crippen LogP contribution in [0.5, 0.6) is 0 Å². The number of nitrogens with zero attached hydrogens (tertiary/aromatic N) is 5. The van der Waals surface area contributed by atoms with Gasteiger partial charge in [0.1, 0.15) is 6.79 Å². The molecular formula is C50H99N5O3. The second kappa shape index (κ2) is 55.7. The molecule has 0 aliphatic carbocycles. The van der Waals surface area contributed by atoms with E-state index in [2.05, 4.69) is 122 Å². The van der Waals surface area contributed by atoms with E-state index in [1.165, 1.54) is 49.6 Å². The van der Waals surface area contributed by atoms with Gasteiger partial charge in [0.2, 0.25) is 0 Å².